The molecule has 1 heterocycles. The molecule has 1 fully saturated rings. The van der Waals surface area contributed by atoms with Gasteiger partial charge in [0.1, 0.15) is 5.75 Å². The van der Waals surface area contributed by atoms with Crippen molar-refractivity contribution >= 4 is 24.2 Å². The van der Waals surface area contributed by atoms with E-state index in [-0.39, 0.29) is 17.9 Å². The van der Waals surface area contributed by atoms with Gasteiger partial charge in [-0.05, 0) is 25.2 Å². The van der Waals surface area contributed by atoms with Gasteiger partial charge in [0.25, 0.3) is 0 Å². The number of hydrogen-bond donors (Lipinski definition) is 1. The number of thioether (sulfide) groups is 1. The maximum atomic E-state index is 5.60. The van der Waals surface area contributed by atoms with Crippen molar-refractivity contribution in [2.75, 3.05) is 13.4 Å². The van der Waals surface area contributed by atoms with Crippen molar-refractivity contribution in [1.29, 1.82) is 0 Å². The summed E-state index contributed by atoms with van der Waals surface area (Å²) in [4.78, 5) is 8.72. The Morgan fingerprint density at radius 3 is 2.46 bits per heavy atom. The number of hydrogen-bond acceptors (Lipinski definition) is 5. The van der Waals surface area contributed by atoms with Gasteiger partial charge in [-0.15, -0.1) is 12.4 Å². The second kappa shape index (κ2) is 8.70. The van der Waals surface area contributed by atoms with Crippen LogP contribution >= 0.6 is 24.2 Å². The molecule has 1 aromatic heterocycles. The van der Waals surface area contributed by atoms with Gasteiger partial charge in [-0.2, -0.15) is 0 Å². The fourth-order valence-corrected chi connectivity index (χ4v) is 3.69. The Labute approximate surface area is 154 Å². The number of ether oxygens (including phenoxy) is 1. The maximum absolute atomic E-state index is 5.60. The van der Waals surface area contributed by atoms with Crippen molar-refractivity contribution in [3.8, 4) is 5.75 Å². The zero-order valence-electron chi connectivity index (χ0n) is 14.1. The Balaban J connectivity index is 0.00000208. The largest absolute Gasteiger partial charge is 0.496 e. The molecule has 130 valence electrons. The van der Waals surface area contributed by atoms with Crippen LogP contribution in [0, 0.1) is 0 Å². The molecule has 6 heteroatoms. The van der Waals surface area contributed by atoms with Crippen molar-refractivity contribution in [3.63, 3.8) is 0 Å². The number of benzene rings is 1. The van der Waals surface area contributed by atoms with E-state index in [0.29, 0.717) is 0 Å². The highest BCUT2D eigenvalue weighted by atomic mass is 35.5. The van der Waals surface area contributed by atoms with Crippen molar-refractivity contribution in [2.24, 2.45) is 0 Å². The molecule has 1 aliphatic carbocycles. The van der Waals surface area contributed by atoms with Crippen molar-refractivity contribution < 1.29 is 4.74 Å². The number of halogens is 1. The summed E-state index contributed by atoms with van der Waals surface area (Å²) in [7, 11) is 1.75. The fourth-order valence-electron chi connectivity index (χ4n) is 3.37. The monoisotopic (exact) mass is 365 g/mol. The predicted molar refractivity (Wildman–Crippen MR) is 101 cm³/mol. The lowest BCUT2D eigenvalue weighted by Gasteiger charge is -2.32. The van der Waals surface area contributed by atoms with Crippen LogP contribution in [0.15, 0.2) is 41.8 Å². The standard InChI is InChI=1S/C18H23N3OS.ClH/c1-22-16-8-4-3-7-15(16)18(9-5-6-10-18)21-13-14-11-19-17(23-2)20-12-14;/h3-4,7-8,11-12,21H,5-6,9-10,13H2,1-2H3;1H. The molecular weight excluding hydrogens is 342 g/mol. The normalized spacial score (nSPS) is 15.8. The van der Waals surface area contributed by atoms with E-state index >= 15 is 0 Å². The van der Waals surface area contributed by atoms with Gasteiger partial charge in [-0.1, -0.05) is 42.8 Å². The summed E-state index contributed by atoms with van der Waals surface area (Å²) in [6, 6.07) is 8.36. The van der Waals surface area contributed by atoms with Crippen LogP contribution in [-0.2, 0) is 12.1 Å². The van der Waals surface area contributed by atoms with E-state index in [1.807, 2.05) is 30.8 Å². The van der Waals surface area contributed by atoms with E-state index in [0.717, 1.165) is 35.9 Å². The summed E-state index contributed by atoms with van der Waals surface area (Å²) >= 11 is 1.56. The summed E-state index contributed by atoms with van der Waals surface area (Å²) in [6.45, 7) is 0.771. The van der Waals surface area contributed by atoms with Crippen LogP contribution < -0.4 is 10.1 Å². The minimum Gasteiger partial charge on any atom is -0.496 e. The van der Waals surface area contributed by atoms with Gasteiger partial charge < -0.3 is 10.1 Å². The highest BCUT2D eigenvalue weighted by Gasteiger charge is 2.37. The molecule has 0 spiro atoms. The molecule has 1 aromatic carbocycles. The lowest BCUT2D eigenvalue weighted by molar-refractivity contribution is 0.316. The first-order chi connectivity index (χ1) is 11.3. The van der Waals surface area contributed by atoms with E-state index in [1.165, 1.54) is 18.4 Å². The molecule has 24 heavy (non-hydrogen) atoms. The molecule has 3 rings (SSSR count). The number of aromatic nitrogens is 2. The molecule has 2 aromatic rings. The van der Waals surface area contributed by atoms with Crippen molar-refractivity contribution in [3.05, 3.63) is 47.8 Å². The SMILES string of the molecule is COc1ccccc1C1(NCc2cnc(SC)nc2)CCCC1.Cl. The van der Waals surface area contributed by atoms with E-state index in [1.54, 1.807) is 18.9 Å². The van der Waals surface area contributed by atoms with E-state index in [2.05, 4.69) is 27.4 Å². The highest BCUT2D eigenvalue weighted by molar-refractivity contribution is 7.98. The average molecular weight is 366 g/mol. The summed E-state index contributed by atoms with van der Waals surface area (Å²) in [5.41, 5.74) is 2.37. The Bertz CT molecular complexity index is 645. The number of nitrogens with one attached hydrogen (secondary N) is 1. The quantitative estimate of drug-likeness (QED) is 0.614. The van der Waals surface area contributed by atoms with Gasteiger partial charge in [0.15, 0.2) is 5.16 Å². The van der Waals surface area contributed by atoms with Crippen LogP contribution in [0.3, 0.4) is 0 Å². The summed E-state index contributed by atoms with van der Waals surface area (Å²) < 4.78 is 5.60. The second-order valence-corrected chi connectivity index (χ2v) is 6.69. The Kier molecular flexibility index (Phi) is 6.90. The Morgan fingerprint density at radius 2 is 1.83 bits per heavy atom. The highest BCUT2D eigenvalue weighted by Crippen LogP contribution is 2.42. The molecule has 4 nitrogen and oxygen atoms in total. The van der Waals surface area contributed by atoms with Gasteiger partial charge in [0, 0.05) is 35.6 Å². The van der Waals surface area contributed by atoms with Gasteiger partial charge in [0.05, 0.1) is 7.11 Å². The van der Waals surface area contributed by atoms with E-state index in [4.69, 9.17) is 4.74 Å². The zero-order valence-corrected chi connectivity index (χ0v) is 15.8. The third-order valence-corrected chi connectivity index (χ3v) is 5.15. The summed E-state index contributed by atoms with van der Waals surface area (Å²) in [6.07, 6.45) is 10.6. The first kappa shape index (κ1) is 19.0. The van der Waals surface area contributed by atoms with Gasteiger partial charge in [-0.3, -0.25) is 0 Å². The number of para-hydroxylation sites is 1. The summed E-state index contributed by atoms with van der Waals surface area (Å²) in [5.74, 6) is 0.968. The number of nitrogens with zero attached hydrogens (tertiary/aromatic N) is 2. The van der Waals surface area contributed by atoms with Gasteiger partial charge in [-0.25, -0.2) is 9.97 Å². The topological polar surface area (TPSA) is 47.0 Å². The molecule has 0 unspecified atom stereocenters. The maximum Gasteiger partial charge on any atom is 0.187 e. The molecule has 0 aliphatic heterocycles. The van der Waals surface area contributed by atoms with Crippen molar-refractivity contribution in [2.45, 2.75) is 42.9 Å². The molecule has 0 saturated heterocycles. The molecule has 0 amide bonds. The lowest BCUT2D eigenvalue weighted by Crippen LogP contribution is -2.39. The third-order valence-electron chi connectivity index (χ3n) is 4.57. The number of methoxy groups -OCH3 is 1. The van der Waals surface area contributed by atoms with Gasteiger partial charge in [0.2, 0.25) is 0 Å². The van der Waals surface area contributed by atoms with Crippen LogP contribution in [0.5, 0.6) is 5.75 Å². The number of rotatable bonds is 6. The van der Waals surface area contributed by atoms with Crippen LogP contribution in [0.2, 0.25) is 0 Å². The summed E-state index contributed by atoms with van der Waals surface area (Å²) in [5, 5.41) is 4.59. The minimum absolute atomic E-state index is 0. The molecule has 1 N–H and O–H groups in total. The second-order valence-electron chi connectivity index (χ2n) is 5.92. The molecule has 0 bridgehead atoms. The smallest absolute Gasteiger partial charge is 0.187 e. The fraction of sp³-hybridized carbons (Fsp3) is 0.444. The lowest BCUT2D eigenvalue weighted by atomic mass is 9.87. The molecular formula is C18H24ClN3OS. The van der Waals surface area contributed by atoms with Crippen LogP contribution in [0.25, 0.3) is 0 Å². The molecule has 0 radical (unpaired) electrons. The van der Waals surface area contributed by atoms with E-state index < -0.39 is 0 Å². The predicted octanol–water partition coefficient (Wildman–Crippen LogP) is 4.19. The Morgan fingerprint density at radius 1 is 1.17 bits per heavy atom. The zero-order chi connectivity index (χ0) is 16.1. The molecule has 0 atom stereocenters. The van der Waals surface area contributed by atoms with Crippen LogP contribution in [-0.4, -0.2) is 23.3 Å². The Hall–Kier alpha value is -1.30. The third kappa shape index (κ3) is 4.02. The average Bonchev–Trinajstić information content (AvgIpc) is 3.10. The van der Waals surface area contributed by atoms with E-state index in [9.17, 15) is 0 Å². The molecule has 1 aliphatic rings. The van der Waals surface area contributed by atoms with Crippen molar-refractivity contribution in [1.82, 2.24) is 15.3 Å². The first-order valence-electron chi connectivity index (χ1n) is 8.01. The van der Waals surface area contributed by atoms with Crippen LogP contribution in [0.1, 0.15) is 36.8 Å². The van der Waals surface area contributed by atoms with Gasteiger partial charge >= 0.3 is 0 Å². The van der Waals surface area contributed by atoms with Crippen LogP contribution in [0.4, 0.5) is 0 Å². The minimum atomic E-state index is -0.00915. The molecule has 1 saturated carbocycles. The first-order valence-corrected chi connectivity index (χ1v) is 9.23.